The highest BCUT2D eigenvalue weighted by atomic mass is 17.2. The Morgan fingerprint density at radius 3 is 2.43 bits per heavy atom. The van der Waals surface area contributed by atoms with Gasteiger partial charge in [0.1, 0.15) is 6.61 Å². The van der Waals surface area contributed by atoms with Gasteiger partial charge in [0.15, 0.2) is 11.5 Å². The molecule has 23 heavy (non-hydrogen) atoms. The van der Waals surface area contributed by atoms with Crippen LogP contribution in [0, 0.1) is 0 Å². The molecule has 0 fully saturated rings. The molecule has 0 saturated carbocycles. The van der Waals surface area contributed by atoms with Gasteiger partial charge >= 0.3 is 0 Å². The van der Waals surface area contributed by atoms with E-state index in [2.05, 4.69) is 4.89 Å². The van der Waals surface area contributed by atoms with Gasteiger partial charge in [-0.3, -0.25) is 4.79 Å². The first-order valence-electron chi connectivity index (χ1n) is 7.03. The Kier molecular flexibility index (Phi) is 5.56. The Morgan fingerprint density at radius 2 is 1.78 bits per heavy atom. The molecule has 0 aliphatic heterocycles. The maximum Gasteiger partial charge on any atom is 0.257 e. The highest BCUT2D eigenvalue weighted by Gasteiger charge is 2.20. The van der Waals surface area contributed by atoms with Crippen molar-refractivity contribution in [3.8, 4) is 11.5 Å². The highest BCUT2D eigenvalue weighted by molar-refractivity contribution is 5.97. The summed E-state index contributed by atoms with van der Waals surface area (Å²) in [6.45, 7) is 0.360. The zero-order valence-corrected chi connectivity index (χ0v) is 13.0. The molecule has 0 aliphatic rings. The van der Waals surface area contributed by atoms with Gasteiger partial charge < -0.3 is 15.1 Å². The van der Waals surface area contributed by atoms with E-state index in [0.29, 0.717) is 12.1 Å². The standard InChI is InChI=1S/C17H19NO5/c1-18(10-12-6-4-3-5-7-12)17(21)14-9-8-13(11-23-22-2)15(19)16(14)20/h3-9,19-20H,10-11H2,1-2H3. The first kappa shape index (κ1) is 16.8. The Balaban J connectivity index is 2.17. The van der Waals surface area contributed by atoms with Gasteiger partial charge in [-0.05, 0) is 11.6 Å². The van der Waals surface area contributed by atoms with Gasteiger partial charge in [-0.25, -0.2) is 9.78 Å². The normalized spacial score (nSPS) is 10.5. The lowest BCUT2D eigenvalue weighted by Gasteiger charge is -2.19. The number of rotatable bonds is 6. The van der Waals surface area contributed by atoms with E-state index in [1.54, 1.807) is 7.05 Å². The number of hydrogen-bond acceptors (Lipinski definition) is 5. The third-order valence-corrected chi connectivity index (χ3v) is 3.41. The average Bonchev–Trinajstić information content (AvgIpc) is 2.56. The van der Waals surface area contributed by atoms with Crippen molar-refractivity contribution in [1.82, 2.24) is 4.90 Å². The molecule has 0 heterocycles. The summed E-state index contributed by atoms with van der Waals surface area (Å²) in [5, 5.41) is 20.0. The van der Waals surface area contributed by atoms with Crippen LogP contribution in [0.3, 0.4) is 0 Å². The van der Waals surface area contributed by atoms with Gasteiger partial charge in [-0.1, -0.05) is 36.4 Å². The minimum atomic E-state index is -0.466. The average molecular weight is 317 g/mol. The summed E-state index contributed by atoms with van der Waals surface area (Å²) in [6, 6.07) is 12.5. The Bertz CT molecular complexity index is 672. The van der Waals surface area contributed by atoms with Crippen molar-refractivity contribution in [2.45, 2.75) is 13.2 Å². The number of nitrogens with zero attached hydrogens (tertiary/aromatic N) is 1. The smallest absolute Gasteiger partial charge is 0.257 e. The molecule has 2 aromatic rings. The van der Waals surface area contributed by atoms with Crippen molar-refractivity contribution >= 4 is 5.91 Å². The van der Waals surface area contributed by atoms with Crippen molar-refractivity contribution in [1.29, 1.82) is 0 Å². The predicted octanol–water partition coefficient (Wildman–Crippen LogP) is 2.45. The van der Waals surface area contributed by atoms with E-state index >= 15 is 0 Å². The number of amides is 1. The maximum absolute atomic E-state index is 12.4. The molecule has 0 saturated heterocycles. The lowest BCUT2D eigenvalue weighted by Crippen LogP contribution is -2.26. The Hall–Kier alpha value is -2.57. The van der Waals surface area contributed by atoms with Crippen LogP contribution in [-0.4, -0.2) is 35.2 Å². The molecule has 2 rings (SSSR count). The van der Waals surface area contributed by atoms with E-state index < -0.39 is 5.75 Å². The number of carbonyl (C=O) groups is 1. The van der Waals surface area contributed by atoms with Gasteiger partial charge in [0, 0.05) is 19.2 Å². The second kappa shape index (κ2) is 7.62. The van der Waals surface area contributed by atoms with E-state index in [-0.39, 0.29) is 23.8 Å². The fourth-order valence-corrected chi connectivity index (χ4v) is 2.17. The van der Waals surface area contributed by atoms with Crippen LogP contribution in [-0.2, 0) is 22.9 Å². The van der Waals surface area contributed by atoms with E-state index in [0.717, 1.165) is 5.56 Å². The summed E-state index contributed by atoms with van der Waals surface area (Å²) < 4.78 is 0. The molecule has 0 spiro atoms. The molecule has 122 valence electrons. The van der Waals surface area contributed by atoms with Crippen molar-refractivity contribution in [3.05, 3.63) is 59.2 Å². The fraction of sp³-hybridized carbons (Fsp3) is 0.235. The summed E-state index contributed by atoms with van der Waals surface area (Å²) in [7, 11) is 2.97. The van der Waals surface area contributed by atoms with Crippen LogP contribution in [0.4, 0.5) is 0 Å². The van der Waals surface area contributed by atoms with Crippen LogP contribution in [0.1, 0.15) is 21.5 Å². The minimum absolute atomic E-state index is 0.0297. The first-order valence-corrected chi connectivity index (χ1v) is 7.03. The predicted molar refractivity (Wildman–Crippen MR) is 83.8 cm³/mol. The van der Waals surface area contributed by atoms with Crippen LogP contribution in [0.15, 0.2) is 42.5 Å². The molecule has 0 aliphatic carbocycles. The van der Waals surface area contributed by atoms with Gasteiger partial charge in [0.2, 0.25) is 0 Å². The van der Waals surface area contributed by atoms with Crippen molar-refractivity contribution in [2.75, 3.05) is 14.2 Å². The summed E-state index contributed by atoms with van der Waals surface area (Å²) in [5.74, 6) is -1.24. The number of aromatic hydroxyl groups is 2. The second-order valence-electron chi connectivity index (χ2n) is 5.05. The van der Waals surface area contributed by atoms with E-state index in [9.17, 15) is 15.0 Å². The molecular formula is C17H19NO5. The molecule has 0 atom stereocenters. The molecule has 6 nitrogen and oxygen atoms in total. The highest BCUT2D eigenvalue weighted by Crippen LogP contribution is 2.33. The van der Waals surface area contributed by atoms with Crippen molar-refractivity contribution in [2.24, 2.45) is 0 Å². The molecule has 0 bridgehead atoms. The van der Waals surface area contributed by atoms with Gasteiger partial charge in [0.25, 0.3) is 5.91 Å². The Labute approximate surface area is 134 Å². The van der Waals surface area contributed by atoms with Crippen molar-refractivity contribution in [3.63, 3.8) is 0 Å². The fourth-order valence-electron chi connectivity index (χ4n) is 2.17. The minimum Gasteiger partial charge on any atom is -0.504 e. The first-order chi connectivity index (χ1) is 11.0. The zero-order chi connectivity index (χ0) is 16.8. The van der Waals surface area contributed by atoms with Crippen LogP contribution in [0.5, 0.6) is 11.5 Å². The molecular weight excluding hydrogens is 298 g/mol. The third-order valence-electron chi connectivity index (χ3n) is 3.41. The molecule has 0 aromatic heterocycles. The monoisotopic (exact) mass is 317 g/mol. The molecule has 1 amide bonds. The van der Waals surface area contributed by atoms with Crippen LogP contribution >= 0.6 is 0 Å². The zero-order valence-electron chi connectivity index (χ0n) is 13.0. The molecule has 0 unspecified atom stereocenters. The van der Waals surface area contributed by atoms with Crippen molar-refractivity contribution < 1.29 is 24.8 Å². The second-order valence-corrected chi connectivity index (χ2v) is 5.05. The number of hydrogen-bond donors (Lipinski definition) is 2. The number of phenols is 2. The Morgan fingerprint density at radius 1 is 1.09 bits per heavy atom. The number of carbonyl (C=O) groups excluding carboxylic acids is 1. The largest absolute Gasteiger partial charge is 0.504 e. The lowest BCUT2D eigenvalue weighted by atomic mass is 10.1. The maximum atomic E-state index is 12.4. The van der Waals surface area contributed by atoms with Gasteiger partial charge in [-0.2, -0.15) is 0 Å². The summed E-state index contributed by atoms with van der Waals surface area (Å²) in [6.07, 6.45) is 0. The molecule has 2 N–H and O–H groups in total. The molecule has 0 radical (unpaired) electrons. The SMILES string of the molecule is COOCc1ccc(C(=O)N(C)Cc2ccccc2)c(O)c1O. The summed E-state index contributed by atoms with van der Waals surface area (Å²) in [5.41, 5.74) is 1.32. The van der Waals surface area contributed by atoms with E-state index in [1.165, 1.54) is 24.1 Å². The summed E-state index contributed by atoms with van der Waals surface area (Å²) in [4.78, 5) is 23.1. The van der Waals surface area contributed by atoms with Crippen LogP contribution in [0.25, 0.3) is 0 Å². The topological polar surface area (TPSA) is 79.2 Å². The number of phenolic OH excluding ortho intramolecular Hbond substituents is 2. The summed E-state index contributed by atoms with van der Waals surface area (Å²) >= 11 is 0. The van der Waals surface area contributed by atoms with Gasteiger partial charge in [-0.15, -0.1) is 0 Å². The van der Waals surface area contributed by atoms with Crippen LogP contribution < -0.4 is 0 Å². The quantitative estimate of drug-likeness (QED) is 0.486. The van der Waals surface area contributed by atoms with Gasteiger partial charge in [0.05, 0.1) is 12.7 Å². The number of benzene rings is 2. The van der Waals surface area contributed by atoms with E-state index in [4.69, 9.17) is 4.89 Å². The van der Waals surface area contributed by atoms with E-state index in [1.807, 2.05) is 30.3 Å². The third kappa shape index (κ3) is 4.00. The van der Waals surface area contributed by atoms with Crippen LogP contribution in [0.2, 0.25) is 0 Å². The lowest BCUT2D eigenvalue weighted by molar-refractivity contribution is -0.282. The molecule has 6 heteroatoms. The molecule has 2 aromatic carbocycles.